The van der Waals surface area contributed by atoms with Crippen molar-refractivity contribution in [2.45, 2.75) is 12.8 Å². The monoisotopic (exact) mass is 308 g/mol. The standard InChI is InChI=1S/C18H20N4O/c23-11-14(13-8-9-13)10-19-17-6-3-7-18(21-17)22-12-20-15-4-1-2-5-16(15)22/h1-7,12-14,23H,8-11H2,(H,19,21). The van der Waals surface area contributed by atoms with Crippen molar-refractivity contribution in [1.82, 2.24) is 14.5 Å². The van der Waals surface area contributed by atoms with Gasteiger partial charge in [0, 0.05) is 19.1 Å². The molecule has 1 aromatic carbocycles. The number of aromatic nitrogens is 3. The van der Waals surface area contributed by atoms with Crippen molar-refractivity contribution in [3.8, 4) is 5.82 Å². The third-order valence-corrected chi connectivity index (χ3v) is 4.50. The Hall–Kier alpha value is -2.40. The van der Waals surface area contributed by atoms with Gasteiger partial charge in [-0.15, -0.1) is 0 Å². The van der Waals surface area contributed by atoms with Crippen molar-refractivity contribution < 1.29 is 5.11 Å². The van der Waals surface area contributed by atoms with Crippen LogP contribution in [0.25, 0.3) is 16.9 Å². The molecule has 0 bridgehead atoms. The van der Waals surface area contributed by atoms with Crippen LogP contribution in [0, 0.1) is 11.8 Å². The molecule has 0 amide bonds. The van der Waals surface area contributed by atoms with Crippen LogP contribution in [-0.2, 0) is 0 Å². The van der Waals surface area contributed by atoms with E-state index in [1.54, 1.807) is 6.33 Å². The van der Waals surface area contributed by atoms with Gasteiger partial charge in [-0.25, -0.2) is 9.97 Å². The van der Waals surface area contributed by atoms with E-state index in [1.807, 2.05) is 47.0 Å². The summed E-state index contributed by atoms with van der Waals surface area (Å²) in [5, 5.41) is 12.8. The van der Waals surface area contributed by atoms with E-state index in [0.29, 0.717) is 11.8 Å². The second-order valence-electron chi connectivity index (χ2n) is 6.15. The lowest BCUT2D eigenvalue weighted by Gasteiger charge is -2.15. The van der Waals surface area contributed by atoms with Crippen LogP contribution in [0.3, 0.4) is 0 Å². The maximum atomic E-state index is 9.46. The molecular formula is C18H20N4O. The van der Waals surface area contributed by atoms with Crippen LogP contribution in [0.15, 0.2) is 48.8 Å². The van der Waals surface area contributed by atoms with E-state index < -0.39 is 0 Å². The second-order valence-corrected chi connectivity index (χ2v) is 6.15. The minimum absolute atomic E-state index is 0.240. The number of aliphatic hydroxyl groups is 1. The third kappa shape index (κ3) is 2.92. The summed E-state index contributed by atoms with van der Waals surface area (Å²) in [5.41, 5.74) is 2.00. The molecule has 4 rings (SSSR count). The molecule has 5 nitrogen and oxygen atoms in total. The van der Waals surface area contributed by atoms with Crippen LogP contribution in [0.2, 0.25) is 0 Å². The number of imidazole rings is 1. The summed E-state index contributed by atoms with van der Waals surface area (Å²) < 4.78 is 1.99. The minimum atomic E-state index is 0.240. The van der Waals surface area contributed by atoms with Gasteiger partial charge in [0.1, 0.15) is 18.0 Å². The highest BCUT2D eigenvalue weighted by atomic mass is 16.3. The summed E-state index contributed by atoms with van der Waals surface area (Å²) in [6.45, 7) is 1.01. The number of hydrogen-bond donors (Lipinski definition) is 2. The van der Waals surface area contributed by atoms with Crippen LogP contribution in [0.4, 0.5) is 5.82 Å². The molecule has 5 heteroatoms. The molecule has 118 valence electrons. The largest absolute Gasteiger partial charge is 0.396 e. The first-order valence-corrected chi connectivity index (χ1v) is 8.09. The fraction of sp³-hybridized carbons (Fsp3) is 0.333. The highest BCUT2D eigenvalue weighted by molar-refractivity contribution is 5.76. The molecule has 1 atom stereocenters. The van der Waals surface area contributed by atoms with E-state index in [-0.39, 0.29) is 6.61 Å². The van der Waals surface area contributed by atoms with Crippen LogP contribution >= 0.6 is 0 Å². The van der Waals surface area contributed by atoms with Gasteiger partial charge in [0.25, 0.3) is 0 Å². The highest BCUT2D eigenvalue weighted by Gasteiger charge is 2.30. The van der Waals surface area contributed by atoms with Crippen molar-refractivity contribution in [2.75, 3.05) is 18.5 Å². The van der Waals surface area contributed by atoms with Gasteiger partial charge in [0.2, 0.25) is 0 Å². The quantitative estimate of drug-likeness (QED) is 0.735. The Morgan fingerprint density at radius 2 is 2.04 bits per heavy atom. The average molecular weight is 308 g/mol. The van der Waals surface area contributed by atoms with Crippen molar-refractivity contribution >= 4 is 16.9 Å². The molecule has 2 heterocycles. The first-order valence-electron chi connectivity index (χ1n) is 8.09. The Labute approximate surface area is 135 Å². The normalized spacial score (nSPS) is 15.7. The molecule has 0 saturated heterocycles. The molecule has 1 aliphatic rings. The molecule has 1 fully saturated rings. The molecule has 23 heavy (non-hydrogen) atoms. The first kappa shape index (κ1) is 14.2. The molecule has 1 unspecified atom stereocenters. The number of nitrogens with zero attached hydrogens (tertiary/aromatic N) is 3. The van der Waals surface area contributed by atoms with E-state index in [2.05, 4.69) is 15.3 Å². The van der Waals surface area contributed by atoms with Gasteiger partial charge in [-0.1, -0.05) is 18.2 Å². The number of fused-ring (bicyclic) bond motifs is 1. The lowest BCUT2D eigenvalue weighted by Crippen LogP contribution is -2.20. The molecule has 2 aromatic heterocycles. The molecular weight excluding hydrogens is 288 g/mol. The molecule has 3 aromatic rings. The van der Waals surface area contributed by atoms with Crippen LogP contribution in [0.5, 0.6) is 0 Å². The molecule has 0 radical (unpaired) electrons. The first-order chi connectivity index (χ1) is 11.3. The fourth-order valence-electron chi connectivity index (χ4n) is 2.98. The zero-order chi connectivity index (χ0) is 15.6. The summed E-state index contributed by atoms with van der Waals surface area (Å²) in [5.74, 6) is 2.68. The number of nitrogens with one attached hydrogen (secondary N) is 1. The number of pyridine rings is 1. The average Bonchev–Trinajstić information content (AvgIpc) is 3.34. The maximum absolute atomic E-state index is 9.46. The smallest absolute Gasteiger partial charge is 0.140 e. The summed E-state index contributed by atoms with van der Waals surface area (Å²) in [6.07, 6.45) is 4.28. The molecule has 0 spiro atoms. The van der Waals surface area contributed by atoms with Crippen molar-refractivity contribution in [3.63, 3.8) is 0 Å². The van der Waals surface area contributed by atoms with Crippen molar-refractivity contribution in [1.29, 1.82) is 0 Å². The zero-order valence-corrected chi connectivity index (χ0v) is 12.9. The predicted octanol–water partition coefficient (Wildman–Crippen LogP) is 2.85. The Balaban J connectivity index is 1.56. The lowest BCUT2D eigenvalue weighted by molar-refractivity contribution is 0.217. The Morgan fingerprint density at radius 1 is 1.17 bits per heavy atom. The predicted molar refractivity (Wildman–Crippen MR) is 90.7 cm³/mol. The lowest BCUT2D eigenvalue weighted by atomic mass is 10.1. The van der Waals surface area contributed by atoms with Gasteiger partial charge in [-0.05, 0) is 43.0 Å². The topological polar surface area (TPSA) is 63.0 Å². The van der Waals surface area contributed by atoms with Gasteiger partial charge in [-0.3, -0.25) is 4.57 Å². The molecule has 1 saturated carbocycles. The molecule has 1 aliphatic carbocycles. The summed E-state index contributed by atoms with van der Waals surface area (Å²) in [4.78, 5) is 9.09. The molecule has 0 aliphatic heterocycles. The van der Waals surface area contributed by atoms with E-state index in [9.17, 15) is 5.11 Å². The fourth-order valence-corrected chi connectivity index (χ4v) is 2.98. The van der Waals surface area contributed by atoms with Gasteiger partial charge in [-0.2, -0.15) is 0 Å². The second kappa shape index (κ2) is 6.01. The number of rotatable bonds is 6. The summed E-state index contributed by atoms with van der Waals surface area (Å²) >= 11 is 0. The number of benzene rings is 1. The van der Waals surface area contributed by atoms with Gasteiger partial charge < -0.3 is 10.4 Å². The number of para-hydroxylation sites is 2. The Kier molecular flexibility index (Phi) is 3.71. The number of aliphatic hydroxyl groups excluding tert-OH is 1. The maximum Gasteiger partial charge on any atom is 0.140 e. The van der Waals surface area contributed by atoms with Crippen molar-refractivity contribution in [2.24, 2.45) is 11.8 Å². The van der Waals surface area contributed by atoms with Crippen molar-refractivity contribution in [3.05, 3.63) is 48.8 Å². The number of hydrogen-bond acceptors (Lipinski definition) is 4. The van der Waals surface area contributed by atoms with E-state index in [1.165, 1.54) is 12.8 Å². The van der Waals surface area contributed by atoms with E-state index in [0.717, 1.165) is 29.2 Å². The van der Waals surface area contributed by atoms with Crippen LogP contribution in [0.1, 0.15) is 12.8 Å². The zero-order valence-electron chi connectivity index (χ0n) is 12.9. The minimum Gasteiger partial charge on any atom is -0.396 e. The Morgan fingerprint density at radius 3 is 2.87 bits per heavy atom. The SMILES string of the molecule is OCC(CNc1cccc(-n2cnc3ccccc32)n1)C1CC1. The van der Waals surface area contributed by atoms with Crippen LogP contribution < -0.4 is 5.32 Å². The van der Waals surface area contributed by atoms with E-state index in [4.69, 9.17) is 0 Å². The molecule has 2 N–H and O–H groups in total. The van der Waals surface area contributed by atoms with Gasteiger partial charge in [0.15, 0.2) is 0 Å². The van der Waals surface area contributed by atoms with Gasteiger partial charge >= 0.3 is 0 Å². The summed E-state index contributed by atoms with van der Waals surface area (Å²) in [6, 6.07) is 14.0. The number of anilines is 1. The van der Waals surface area contributed by atoms with E-state index >= 15 is 0 Å². The van der Waals surface area contributed by atoms with Gasteiger partial charge in [0.05, 0.1) is 11.0 Å². The Bertz CT molecular complexity index is 809. The highest BCUT2D eigenvalue weighted by Crippen LogP contribution is 2.36. The third-order valence-electron chi connectivity index (χ3n) is 4.50. The summed E-state index contributed by atoms with van der Waals surface area (Å²) in [7, 11) is 0. The van der Waals surface area contributed by atoms with Crippen LogP contribution in [-0.4, -0.2) is 32.8 Å².